The molecule has 12 nitrogen and oxygen atoms in total. The van der Waals surface area contributed by atoms with Crippen molar-refractivity contribution in [2.24, 2.45) is 5.73 Å². The van der Waals surface area contributed by atoms with E-state index in [1.807, 2.05) is 6.92 Å². The third-order valence-corrected chi connectivity index (χ3v) is 4.29. The van der Waals surface area contributed by atoms with Crippen molar-refractivity contribution >= 4 is 24.4 Å². The molecule has 0 aliphatic heterocycles. The van der Waals surface area contributed by atoms with Gasteiger partial charge in [-0.2, -0.15) is 0 Å². The number of carbonyl (C=O) groups excluding carboxylic acids is 4. The van der Waals surface area contributed by atoms with E-state index < -0.39 is 48.8 Å². The summed E-state index contributed by atoms with van der Waals surface area (Å²) in [5, 5.41) is 0. The summed E-state index contributed by atoms with van der Waals surface area (Å²) in [6.07, 6.45) is -2.89. The SMILES string of the molecule is CCCCOC(=O)OC[C@H](C)OC(=O)[C@@H](N)Cc1ccc(OC(=O)OC(C)C)c(OC(=O)OC(C)C)c1. The molecule has 0 fully saturated rings. The maximum absolute atomic E-state index is 12.4. The fourth-order valence-electron chi connectivity index (χ4n) is 2.64. The largest absolute Gasteiger partial charge is 0.514 e. The molecule has 2 atom stereocenters. The predicted molar refractivity (Wildman–Crippen MR) is 130 cm³/mol. The van der Waals surface area contributed by atoms with E-state index in [4.69, 9.17) is 38.9 Å². The summed E-state index contributed by atoms with van der Waals surface area (Å²) in [6, 6.07) is 3.19. The first-order chi connectivity index (χ1) is 17.4. The molecular weight excluding hydrogens is 490 g/mol. The number of unbranched alkanes of at least 4 members (excludes halogenated alkanes) is 1. The zero-order valence-electron chi connectivity index (χ0n) is 22.1. The van der Waals surface area contributed by atoms with Gasteiger partial charge in [-0.05, 0) is 65.2 Å². The van der Waals surface area contributed by atoms with Gasteiger partial charge in [-0.25, -0.2) is 14.4 Å². The highest BCUT2D eigenvalue weighted by atomic mass is 16.8. The van der Waals surface area contributed by atoms with Crippen molar-refractivity contribution in [3.8, 4) is 11.5 Å². The summed E-state index contributed by atoms with van der Waals surface area (Å²) < 4.78 is 35.2. The minimum absolute atomic E-state index is 0.00220. The van der Waals surface area contributed by atoms with Gasteiger partial charge in [0, 0.05) is 0 Å². The normalized spacial score (nSPS) is 12.4. The van der Waals surface area contributed by atoms with E-state index in [0.717, 1.165) is 12.8 Å². The molecule has 208 valence electrons. The molecule has 0 aliphatic carbocycles. The van der Waals surface area contributed by atoms with Gasteiger partial charge in [-0.1, -0.05) is 19.4 Å². The van der Waals surface area contributed by atoms with Crippen molar-refractivity contribution in [2.75, 3.05) is 13.2 Å². The van der Waals surface area contributed by atoms with Crippen molar-refractivity contribution in [2.45, 2.75) is 85.2 Å². The van der Waals surface area contributed by atoms with Crippen LogP contribution in [-0.2, 0) is 34.9 Å². The van der Waals surface area contributed by atoms with E-state index in [2.05, 4.69) is 0 Å². The fraction of sp³-hybridized carbons (Fsp3) is 0.600. The van der Waals surface area contributed by atoms with Crippen molar-refractivity contribution < 1.29 is 52.3 Å². The topological polar surface area (TPSA) is 159 Å². The van der Waals surface area contributed by atoms with Gasteiger partial charge in [0.05, 0.1) is 18.8 Å². The van der Waals surface area contributed by atoms with Gasteiger partial charge in [0.15, 0.2) is 11.5 Å². The van der Waals surface area contributed by atoms with Gasteiger partial charge in [0.25, 0.3) is 0 Å². The van der Waals surface area contributed by atoms with Gasteiger partial charge in [0.2, 0.25) is 0 Å². The van der Waals surface area contributed by atoms with Crippen molar-refractivity contribution in [3.63, 3.8) is 0 Å². The molecule has 0 heterocycles. The second-order valence-electron chi connectivity index (χ2n) is 8.64. The Morgan fingerprint density at radius 3 is 1.97 bits per heavy atom. The van der Waals surface area contributed by atoms with Crippen molar-refractivity contribution in [1.82, 2.24) is 0 Å². The number of hydrogen-bond acceptors (Lipinski definition) is 12. The van der Waals surface area contributed by atoms with E-state index in [-0.39, 0.29) is 31.1 Å². The molecule has 1 aromatic carbocycles. The van der Waals surface area contributed by atoms with Gasteiger partial charge >= 0.3 is 24.4 Å². The van der Waals surface area contributed by atoms with Crippen LogP contribution in [0.4, 0.5) is 14.4 Å². The first kappa shape index (κ1) is 31.5. The summed E-state index contributed by atoms with van der Waals surface area (Å²) in [4.78, 5) is 47.8. The molecule has 0 saturated heterocycles. The lowest BCUT2D eigenvalue weighted by atomic mass is 10.1. The molecule has 37 heavy (non-hydrogen) atoms. The Morgan fingerprint density at radius 2 is 1.41 bits per heavy atom. The Bertz CT molecular complexity index is 901. The maximum atomic E-state index is 12.4. The molecule has 1 aromatic rings. The second kappa shape index (κ2) is 16.3. The quantitative estimate of drug-likeness (QED) is 0.168. The molecule has 0 aliphatic rings. The van der Waals surface area contributed by atoms with Crippen LogP contribution in [0.25, 0.3) is 0 Å². The van der Waals surface area contributed by atoms with E-state index in [9.17, 15) is 19.2 Å². The lowest BCUT2D eigenvalue weighted by Gasteiger charge is -2.18. The molecule has 2 N–H and O–H groups in total. The maximum Gasteiger partial charge on any atom is 0.514 e. The highest BCUT2D eigenvalue weighted by Gasteiger charge is 2.22. The molecule has 0 aromatic heterocycles. The lowest BCUT2D eigenvalue weighted by molar-refractivity contribution is -0.152. The molecule has 12 heteroatoms. The summed E-state index contributed by atoms with van der Waals surface area (Å²) >= 11 is 0. The molecule has 1 rings (SSSR count). The number of benzene rings is 1. The summed E-state index contributed by atoms with van der Waals surface area (Å²) in [5.41, 5.74) is 6.46. The van der Waals surface area contributed by atoms with Crippen LogP contribution in [0.3, 0.4) is 0 Å². The Balaban J connectivity index is 2.80. The molecule has 0 bridgehead atoms. The van der Waals surface area contributed by atoms with E-state index in [1.54, 1.807) is 34.6 Å². The van der Waals surface area contributed by atoms with E-state index in [1.165, 1.54) is 18.2 Å². The predicted octanol–water partition coefficient (Wildman–Crippen LogP) is 4.29. The molecular formula is C25H37NO11. The first-order valence-electron chi connectivity index (χ1n) is 12.1. The van der Waals surface area contributed by atoms with Gasteiger partial charge in [0.1, 0.15) is 18.8 Å². The average Bonchev–Trinajstić information content (AvgIpc) is 2.78. The summed E-state index contributed by atoms with van der Waals surface area (Å²) in [7, 11) is 0. The van der Waals surface area contributed by atoms with Gasteiger partial charge in [-0.15, -0.1) is 0 Å². The van der Waals surface area contributed by atoms with E-state index in [0.29, 0.717) is 5.56 Å². The fourth-order valence-corrected chi connectivity index (χ4v) is 2.64. The number of rotatable bonds is 13. The van der Waals surface area contributed by atoms with E-state index >= 15 is 0 Å². The standard InChI is InChI=1S/C25H37NO11/c1-7-8-11-31-23(28)32-14-17(6)35-22(27)19(26)12-18-9-10-20(36-24(29)33-15(2)3)21(13-18)37-25(30)34-16(4)5/h9-10,13,15-17,19H,7-8,11-12,14,26H2,1-6H3/t17-,19-/m0/s1. The van der Waals surface area contributed by atoms with Crippen LogP contribution in [-0.4, -0.2) is 62.0 Å². The number of esters is 1. The summed E-state index contributed by atoms with van der Waals surface area (Å²) in [6.45, 7) is 10.1. The van der Waals surface area contributed by atoms with Crippen LogP contribution in [0, 0.1) is 0 Å². The molecule has 0 saturated carbocycles. The molecule has 0 radical (unpaired) electrons. The third kappa shape index (κ3) is 13.4. The van der Waals surface area contributed by atoms with Crippen molar-refractivity contribution in [1.29, 1.82) is 0 Å². The Hall–Kier alpha value is -3.54. The van der Waals surface area contributed by atoms with Crippen LogP contribution in [0.5, 0.6) is 11.5 Å². The number of hydrogen-bond donors (Lipinski definition) is 1. The minimum atomic E-state index is -1.09. The van der Waals surface area contributed by atoms with Crippen LogP contribution in [0.1, 0.15) is 59.9 Å². The molecule has 0 amide bonds. The Kier molecular flexibility index (Phi) is 13.8. The second-order valence-corrected chi connectivity index (χ2v) is 8.64. The molecule has 0 unspecified atom stereocenters. The highest BCUT2D eigenvalue weighted by Crippen LogP contribution is 2.30. The van der Waals surface area contributed by atoms with Gasteiger partial charge in [-0.3, -0.25) is 4.79 Å². The number of nitrogens with two attached hydrogens (primary N) is 1. The smallest absolute Gasteiger partial charge is 0.458 e. The average molecular weight is 528 g/mol. The third-order valence-electron chi connectivity index (χ3n) is 4.29. The van der Waals surface area contributed by atoms with Crippen LogP contribution in [0.15, 0.2) is 18.2 Å². The Labute approximate surface area is 216 Å². The zero-order valence-corrected chi connectivity index (χ0v) is 22.1. The first-order valence-corrected chi connectivity index (χ1v) is 12.1. The highest BCUT2D eigenvalue weighted by molar-refractivity contribution is 5.76. The lowest BCUT2D eigenvalue weighted by Crippen LogP contribution is -2.37. The van der Waals surface area contributed by atoms with Crippen LogP contribution < -0.4 is 15.2 Å². The Morgan fingerprint density at radius 1 is 0.811 bits per heavy atom. The minimum Gasteiger partial charge on any atom is -0.458 e. The monoisotopic (exact) mass is 527 g/mol. The van der Waals surface area contributed by atoms with Gasteiger partial charge < -0.3 is 38.9 Å². The number of ether oxygens (including phenoxy) is 7. The zero-order chi connectivity index (χ0) is 28.0. The van der Waals surface area contributed by atoms with Crippen LogP contribution >= 0.6 is 0 Å². The van der Waals surface area contributed by atoms with Crippen LogP contribution in [0.2, 0.25) is 0 Å². The molecule has 0 spiro atoms. The number of carbonyl (C=O) groups is 4. The summed E-state index contributed by atoms with van der Waals surface area (Å²) in [5.74, 6) is -0.964. The van der Waals surface area contributed by atoms with Crippen molar-refractivity contribution in [3.05, 3.63) is 23.8 Å².